The highest BCUT2D eigenvalue weighted by atomic mass is 35.5. The third kappa shape index (κ3) is 4.43. The molecule has 0 saturated carbocycles. The quantitative estimate of drug-likeness (QED) is 0.822. The van der Waals surface area contributed by atoms with Gasteiger partial charge in [0.15, 0.2) is 0 Å². The van der Waals surface area contributed by atoms with Crippen LogP contribution in [0.3, 0.4) is 0 Å². The van der Waals surface area contributed by atoms with Gasteiger partial charge in [-0.3, -0.25) is 14.6 Å². The van der Waals surface area contributed by atoms with E-state index in [9.17, 15) is 22.8 Å². The molecular formula is C14H9ClF3N3O2. The highest BCUT2D eigenvalue weighted by molar-refractivity contribution is 6.43. The number of anilines is 2. The average Bonchev–Trinajstić information content (AvgIpc) is 2.49. The molecule has 0 unspecified atom stereocenters. The zero-order valence-electron chi connectivity index (χ0n) is 11.3. The van der Waals surface area contributed by atoms with E-state index in [0.29, 0.717) is 6.07 Å². The third-order valence-corrected chi connectivity index (χ3v) is 2.98. The fraction of sp³-hybridized carbons (Fsp3) is 0.0714. The summed E-state index contributed by atoms with van der Waals surface area (Å²) in [6.45, 7) is 0. The first-order chi connectivity index (χ1) is 10.8. The predicted molar refractivity (Wildman–Crippen MR) is 78.0 cm³/mol. The molecule has 0 aliphatic rings. The molecule has 0 bridgehead atoms. The number of hydrogen-bond donors (Lipinski definition) is 2. The van der Waals surface area contributed by atoms with Gasteiger partial charge in [0.1, 0.15) is 0 Å². The van der Waals surface area contributed by atoms with Gasteiger partial charge in [-0.05, 0) is 30.3 Å². The number of aromatic nitrogens is 1. The zero-order valence-corrected chi connectivity index (χ0v) is 12.1. The van der Waals surface area contributed by atoms with Crippen molar-refractivity contribution in [3.05, 3.63) is 53.3 Å². The Kier molecular flexibility index (Phi) is 4.85. The fourth-order valence-corrected chi connectivity index (χ4v) is 1.86. The van der Waals surface area contributed by atoms with Gasteiger partial charge < -0.3 is 10.6 Å². The largest absolute Gasteiger partial charge is 0.417 e. The third-order valence-electron chi connectivity index (χ3n) is 2.66. The first-order valence-corrected chi connectivity index (χ1v) is 6.54. The smallest absolute Gasteiger partial charge is 0.318 e. The second kappa shape index (κ2) is 6.66. The number of alkyl halides is 3. The summed E-state index contributed by atoms with van der Waals surface area (Å²) in [7, 11) is 0. The monoisotopic (exact) mass is 343 g/mol. The molecule has 1 heterocycles. The number of rotatable bonds is 2. The number of carbonyl (C=O) groups is 2. The number of benzene rings is 1. The Balaban J connectivity index is 2.10. The van der Waals surface area contributed by atoms with Crippen molar-refractivity contribution < 1.29 is 22.8 Å². The maximum Gasteiger partial charge on any atom is 0.417 e. The van der Waals surface area contributed by atoms with Crippen LogP contribution in [0.5, 0.6) is 0 Å². The maximum absolute atomic E-state index is 12.7. The lowest BCUT2D eigenvalue weighted by molar-refractivity contribution is -0.137. The molecule has 0 atom stereocenters. The minimum atomic E-state index is -4.67. The Morgan fingerprint density at radius 2 is 1.70 bits per heavy atom. The van der Waals surface area contributed by atoms with Crippen LogP contribution in [0.4, 0.5) is 24.5 Å². The Labute approximate surface area is 133 Å². The van der Waals surface area contributed by atoms with Crippen molar-refractivity contribution in [2.45, 2.75) is 6.18 Å². The van der Waals surface area contributed by atoms with Crippen LogP contribution in [-0.4, -0.2) is 16.8 Å². The minimum absolute atomic E-state index is 0.201. The van der Waals surface area contributed by atoms with Crippen LogP contribution in [0, 0.1) is 0 Å². The van der Waals surface area contributed by atoms with Crippen molar-refractivity contribution in [1.82, 2.24) is 4.98 Å². The zero-order chi connectivity index (χ0) is 17.0. The van der Waals surface area contributed by atoms with Gasteiger partial charge in [0.05, 0.1) is 22.5 Å². The number of amides is 2. The lowest BCUT2D eigenvalue weighted by Crippen LogP contribution is -2.29. The van der Waals surface area contributed by atoms with Gasteiger partial charge in [0.2, 0.25) is 0 Å². The molecule has 2 amide bonds. The van der Waals surface area contributed by atoms with Gasteiger partial charge in [-0.15, -0.1) is 0 Å². The number of nitrogens with one attached hydrogen (secondary N) is 2. The van der Waals surface area contributed by atoms with Crippen molar-refractivity contribution >= 4 is 34.8 Å². The number of carbonyl (C=O) groups excluding carboxylic acids is 2. The van der Waals surface area contributed by atoms with E-state index < -0.39 is 28.6 Å². The molecule has 0 spiro atoms. The molecule has 2 N–H and O–H groups in total. The van der Waals surface area contributed by atoms with Crippen LogP contribution in [0.15, 0.2) is 42.7 Å². The van der Waals surface area contributed by atoms with Crippen LogP contribution in [-0.2, 0) is 15.8 Å². The summed E-state index contributed by atoms with van der Waals surface area (Å²) >= 11 is 5.47. The van der Waals surface area contributed by atoms with Crippen molar-refractivity contribution in [1.29, 1.82) is 0 Å². The molecular weight excluding hydrogens is 335 g/mol. The Hall–Kier alpha value is -2.61. The van der Waals surface area contributed by atoms with Crippen LogP contribution < -0.4 is 10.6 Å². The number of pyridine rings is 1. The van der Waals surface area contributed by atoms with Crippen molar-refractivity contribution in [3.8, 4) is 0 Å². The van der Waals surface area contributed by atoms with E-state index in [2.05, 4.69) is 15.6 Å². The maximum atomic E-state index is 12.7. The Bertz CT molecular complexity index is 736. The van der Waals surface area contributed by atoms with Crippen LogP contribution in [0.2, 0.25) is 5.02 Å². The summed E-state index contributed by atoms with van der Waals surface area (Å²) in [5, 5.41) is 3.82. The van der Waals surface area contributed by atoms with E-state index in [4.69, 9.17) is 11.6 Å². The van der Waals surface area contributed by atoms with Crippen LogP contribution in [0.25, 0.3) is 0 Å². The molecule has 9 heteroatoms. The molecule has 2 aromatic rings. The molecule has 120 valence electrons. The molecule has 2 rings (SSSR count). The molecule has 0 aliphatic heterocycles. The molecule has 0 aliphatic carbocycles. The van der Waals surface area contributed by atoms with Gasteiger partial charge in [0, 0.05) is 11.9 Å². The summed E-state index contributed by atoms with van der Waals surface area (Å²) in [4.78, 5) is 27.1. The molecule has 23 heavy (non-hydrogen) atoms. The van der Waals surface area contributed by atoms with Crippen molar-refractivity contribution in [2.24, 2.45) is 0 Å². The van der Waals surface area contributed by atoms with E-state index >= 15 is 0 Å². The van der Waals surface area contributed by atoms with Gasteiger partial charge in [0.25, 0.3) is 0 Å². The standard InChI is InChI=1S/C14H9ClF3N3O2/c15-11-4-3-8(6-10(11)14(16,17)18)20-12(22)13(23)21-9-2-1-5-19-7-9/h1-7H,(H,20,22)(H,21,23). The lowest BCUT2D eigenvalue weighted by atomic mass is 10.2. The normalized spacial score (nSPS) is 11.0. The van der Waals surface area contributed by atoms with Crippen LogP contribution >= 0.6 is 11.6 Å². The van der Waals surface area contributed by atoms with Crippen LogP contribution in [0.1, 0.15) is 5.56 Å². The highest BCUT2D eigenvalue weighted by Gasteiger charge is 2.33. The van der Waals surface area contributed by atoms with Gasteiger partial charge in [-0.2, -0.15) is 13.2 Å². The van der Waals surface area contributed by atoms with Gasteiger partial charge in [-0.25, -0.2) is 0 Å². The predicted octanol–water partition coefficient (Wildman–Crippen LogP) is 3.33. The molecule has 1 aromatic carbocycles. The summed E-state index contributed by atoms with van der Waals surface area (Å²) in [6.07, 6.45) is -1.88. The van der Waals surface area contributed by atoms with E-state index in [-0.39, 0.29) is 11.4 Å². The second-order valence-electron chi connectivity index (χ2n) is 4.34. The van der Waals surface area contributed by atoms with E-state index in [1.165, 1.54) is 18.5 Å². The molecule has 0 saturated heterocycles. The summed E-state index contributed by atoms with van der Waals surface area (Å²) < 4.78 is 38.2. The summed E-state index contributed by atoms with van der Waals surface area (Å²) in [6, 6.07) is 5.84. The lowest BCUT2D eigenvalue weighted by Gasteiger charge is -2.11. The number of nitrogens with zero attached hydrogens (tertiary/aromatic N) is 1. The minimum Gasteiger partial charge on any atom is -0.318 e. The number of hydrogen-bond acceptors (Lipinski definition) is 3. The number of halogens is 4. The summed E-state index contributed by atoms with van der Waals surface area (Å²) in [5.74, 6) is -2.16. The molecule has 0 fully saturated rings. The first-order valence-electron chi connectivity index (χ1n) is 6.16. The van der Waals surface area contributed by atoms with Crippen molar-refractivity contribution in [3.63, 3.8) is 0 Å². The average molecular weight is 344 g/mol. The highest BCUT2D eigenvalue weighted by Crippen LogP contribution is 2.36. The Morgan fingerprint density at radius 1 is 1.04 bits per heavy atom. The first kappa shape index (κ1) is 16.8. The topological polar surface area (TPSA) is 71.1 Å². The summed E-state index contributed by atoms with van der Waals surface area (Å²) in [5.41, 5.74) is -1.03. The fourth-order valence-electron chi connectivity index (χ4n) is 1.63. The van der Waals surface area contributed by atoms with E-state index in [1.807, 2.05) is 0 Å². The van der Waals surface area contributed by atoms with E-state index in [0.717, 1.165) is 12.1 Å². The Morgan fingerprint density at radius 3 is 2.26 bits per heavy atom. The van der Waals surface area contributed by atoms with Gasteiger partial charge in [-0.1, -0.05) is 11.6 Å². The molecule has 5 nitrogen and oxygen atoms in total. The van der Waals surface area contributed by atoms with Gasteiger partial charge >= 0.3 is 18.0 Å². The molecule has 1 aromatic heterocycles. The second-order valence-corrected chi connectivity index (χ2v) is 4.75. The van der Waals surface area contributed by atoms with E-state index in [1.54, 1.807) is 6.07 Å². The molecule has 0 radical (unpaired) electrons. The van der Waals surface area contributed by atoms with Crippen molar-refractivity contribution in [2.75, 3.05) is 10.6 Å². The SMILES string of the molecule is O=C(Nc1cccnc1)C(=O)Nc1ccc(Cl)c(C(F)(F)F)c1.